The summed E-state index contributed by atoms with van der Waals surface area (Å²) in [5, 5.41) is 20.0. The molecule has 0 saturated carbocycles. The van der Waals surface area contributed by atoms with Crippen LogP contribution in [0.25, 0.3) is 11.4 Å². The normalized spacial score (nSPS) is 8.94. The number of hydrogen-bond acceptors (Lipinski definition) is 6. The Bertz CT molecular complexity index is 383. The van der Waals surface area contributed by atoms with Crippen LogP contribution in [0, 0.1) is 10.4 Å². The smallest absolute Gasteiger partial charge is 0.775 e. The molecule has 0 radical (unpaired) electrons. The second-order valence-electron chi connectivity index (χ2n) is 2.59. The topological polar surface area (TPSA) is 96.6 Å². The average molecular weight is 275 g/mol. The van der Waals surface area contributed by atoms with Gasteiger partial charge in [-0.3, -0.25) is 9.97 Å². The third kappa shape index (κ3) is 5.58. The minimum Gasteiger partial charge on any atom is -0.775 e. The molecular weight excluding hydrogens is 267 g/mol. The molecule has 0 spiro atoms. The Labute approximate surface area is 108 Å². The van der Waals surface area contributed by atoms with Gasteiger partial charge in [0.25, 0.3) is 0 Å². The molecule has 17 heavy (non-hydrogen) atoms. The Morgan fingerprint density at radius 3 is 1.41 bits per heavy atom. The van der Waals surface area contributed by atoms with Crippen LogP contribution in [0.3, 0.4) is 0 Å². The summed E-state index contributed by atoms with van der Waals surface area (Å²) in [6, 6.07) is 11.6. The summed E-state index contributed by atoms with van der Waals surface area (Å²) >= 11 is 0. The molecule has 0 aliphatic carbocycles. The molecule has 0 aromatic carbocycles. The SMILES string of the molecule is [Ni+2].[O-]/N=N\[O-].c1ccc(-c2ccccn2)nc1. The van der Waals surface area contributed by atoms with Crippen LogP contribution in [-0.4, -0.2) is 9.97 Å². The van der Waals surface area contributed by atoms with E-state index in [1.54, 1.807) is 22.9 Å². The number of nitrogens with zero attached hydrogens (tertiary/aromatic N) is 4. The van der Waals surface area contributed by atoms with Crippen LogP contribution in [0.1, 0.15) is 0 Å². The van der Waals surface area contributed by atoms with E-state index >= 15 is 0 Å². The number of rotatable bonds is 1. The molecule has 0 saturated heterocycles. The van der Waals surface area contributed by atoms with Crippen molar-refractivity contribution in [3.63, 3.8) is 0 Å². The molecule has 0 N–H and O–H groups in total. The van der Waals surface area contributed by atoms with Gasteiger partial charge in [-0.1, -0.05) is 12.1 Å². The molecule has 0 aliphatic rings. The van der Waals surface area contributed by atoms with Gasteiger partial charge in [-0.2, -0.15) is 0 Å². The quantitative estimate of drug-likeness (QED) is 0.453. The molecule has 7 heteroatoms. The Morgan fingerprint density at radius 1 is 0.765 bits per heavy atom. The zero-order chi connectivity index (χ0) is 11.6. The maximum Gasteiger partial charge on any atom is 2.00 e. The predicted octanol–water partition coefficient (Wildman–Crippen LogP) is 2.58. The molecule has 0 amide bonds. The van der Waals surface area contributed by atoms with E-state index in [1.165, 1.54) is 0 Å². The van der Waals surface area contributed by atoms with Gasteiger partial charge in [0.05, 0.1) is 11.4 Å². The summed E-state index contributed by atoms with van der Waals surface area (Å²) in [5.74, 6) is 0. The summed E-state index contributed by atoms with van der Waals surface area (Å²) in [7, 11) is 0. The van der Waals surface area contributed by atoms with Gasteiger partial charge in [-0.25, -0.2) is 10.6 Å². The second-order valence-corrected chi connectivity index (χ2v) is 2.59. The zero-order valence-electron chi connectivity index (χ0n) is 8.54. The molecule has 90 valence electrons. The summed E-state index contributed by atoms with van der Waals surface area (Å²) in [5.41, 5.74) is 1.83. The van der Waals surface area contributed by atoms with Gasteiger partial charge in [-0.05, 0) is 24.3 Å². The van der Waals surface area contributed by atoms with E-state index in [0.29, 0.717) is 0 Å². The van der Waals surface area contributed by atoms with Crippen LogP contribution in [0.4, 0.5) is 0 Å². The largest absolute Gasteiger partial charge is 2.00 e. The molecule has 0 bridgehead atoms. The second kappa shape index (κ2) is 9.24. The molecule has 2 aromatic heterocycles. The minimum absolute atomic E-state index is 0. The molecule has 6 nitrogen and oxygen atoms in total. The van der Waals surface area contributed by atoms with Crippen LogP contribution in [0.2, 0.25) is 0 Å². The fraction of sp³-hybridized carbons (Fsp3) is 0. The van der Waals surface area contributed by atoms with Crippen molar-refractivity contribution in [2.75, 3.05) is 0 Å². The van der Waals surface area contributed by atoms with Crippen molar-refractivity contribution in [1.82, 2.24) is 9.97 Å². The first-order valence-corrected chi connectivity index (χ1v) is 4.36. The van der Waals surface area contributed by atoms with E-state index in [1.807, 2.05) is 36.4 Å². The van der Waals surface area contributed by atoms with Crippen molar-refractivity contribution in [2.24, 2.45) is 10.6 Å². The van der Waals surface area contributed by atoms with Crippen molar-refractivity contribution in [3.8, 4) is 11.4 Å². The molecule has 0 fully saturated rings. The summed E-state index contributed by atoms with van der Waals surface area (Å²) in [4.78, 5) is 8.37. The van der Waals surface area contributed by atoms with Crippen LogP contribution in [0.15, 0.2) is 59.3 Å². The Balaban J connectivity index is 0.000000453. The van der Waals surface area contributed by atoms with E-state index in [9.17, 15) is 0 Å². The summed E-state index contributed by atoms with van der Waals surface area (Å²) in [6.45, 7) is 0. The first-order chi connectivity index (χ1) is 7.88. The van der Waals surface area contributed by atoms with Crippen molar-refractivity contribution in [2.45, 2.75) is 0 Å². The number of aromatic nitrogens is 2. The fourth-order valence-electron chi connectivity index (χ4n) is 1.03. The van der Waals surface area contributed by atoms with E-state index in [2.05, 4.69) is 9.97 Å². The number of pyridine rings is 2. The minimum atomic E-state index is 0. The van der Waals surface area contributed by atoms with E-state index < -0.39 is 0 Å². The van der Waals surface area contributed by atoms with Gasteiger partial charge in [0.1, 0.15) is 0 Å². The van der Waals surface area contributed by atoms with Crippen LogP contribution < -0.4 is 0 Å². The van der Waals surface area contributed by atoms with Gasteiger partial charge in [0.2, 0.25) is 0 Å². The maximum absolute atomic E-state index is 8.44. The molecule has 0 aliphatic heterocycles. The maximum atomic E-state index is 8.44. The average Bonchev–Trinajstić information content (AvgIpc) is 2.41. The number of hydrogen-bond donors (Lipinski definition) is 0. The van der Waals surface area contributed by atoms with Gasteiger partial charge in [-0.15, -0.1) is 0 Å². The zero-order valence-corrected chi connectivity index (χ0v) is 9.53. The van der Waals surface area contributed by atoms with E-state index in [-0.39, 0.29) is 16.5 Å². The molecule has 2 heterocycles. The summed E-state index contributed by atoms with van der Waals surface area (Å²) < 4.78 is 0. The van der Waals surface area contributed by atoms with Crippen molar-refractivity contribution in [1.29, 1.82) is 0 Å². The van der Waals surface area contributed by atoms with Crippen molar-refractivity contribution >= 4 is 0 Å². The van der Waals surface area contributed by atoms with Gasteiger partial charge >= 0.3 is 16.5 Å². The standard InChI is InChI=1S/C10H8N2.H2N2O2.Ni/c1-3-7-11-9(5-1)10-6-2-4-8-12-10;3-1-2-4;/h1-8H;(H,1,4)(H,2,3);/q;;+2/p-2. The molecule has 2 aromatic rings. The van der Waals surface area contributed by atoms with Gasteiger partial charge in [0, 0.05) is 12.4 Å². The van der Waals surface area contributed by atoms with Gasteiger partial charge < -0.3 is 10.4 Å². The molecule has 2 rings (SSSR count). The summed E-state index contributed by atoms with van der Waals surface area (Å²) in [6.07, 6.45) is 3.54. The van der Waals surface area contributed by atoms with Gasteiger partial charge in [0.15, 0.2) is 0 Å². The Hall–Kier alpha value is -2.01. The third-order valence-corrected chi connectivity index (χ3v) is 1.63. The molecular formula is C10H8N4NiO2. The monoisotopic (exact) mass is 274 g/mol. The van der Waals surface area contributed by atoms with E-state index in [4.69, 9.17) is 10.4 Å². The molecule has 0 atom stereocenters. The van der Waals surface area contributed by atoms with E-state index in [0.717, 1.165) is 11.4 Å². The van der Waals surface area contributed by atoms with Crippen LogP contribution >= 0.6 is 0 Å². The fourth-order valence-corrected chi connectivity index (χ4v) is 1.03. The third-order valence-electron chi connectivity index (χ3n) is 1.63. The Morgan fingerprint density at radius 2 is 1.18 bits per heavy atom. The van der Waals surface area contributed by atoms with Crippen molar-refractivity contribution in [3.05, 3.63) is 59.2 Å². The van der Waals surface area contributed by atoms with Crippen molar-refractivity contribution < 1.29 is 16.5 Å². The Kier molecular flexibility index (Phi) is 8.15. The predicted molar refractivity (Wildman–Crippen MR) is 59.1 cm³/mol. The first kappa shape index (κ1) is 15.0. The van der Waals surface area contributed by atoms with Crippen LogP contribution in [-0.2, 0) is 16.5 Å². The molecule has 0 unspecified atom stereocenters. The first-order valence-electron chi connectivity index (χ1n) is 4.36. The van der Waals surface area contributed by atoms with Crippen LogP contribution in [0.5, 0.6) is 0 Å².